The topological polar surface area (TPSA) is 707 Å². The number of unbranched alkanes of at least 4 members (excludes halogenated alkanes) is 1. The van der Waals surface area contributed by atoms with Crippen molar-refractivity contribution >= 4 is 134 Å². The van der Waals surface area contributed by atoms with E-state index in [1.54, 1.807) is 27.7 Å². The van der Waals surface area contributed by atoms with Crippen molar-refractivity contribution in [2.24, 2.45) is 46.6 Å². The normalized spacial score (nSPS) is 14.9. The van der Waals surface area contributed by atoms with Gasteiger partial charge in [0.05, 0.1) is 44.1 Å². The zero-order valence-corrected chi connectivity index (χ0v) is 64.3. The standard InChI is InChI=1S/C65H110BrN19O24/c1-11-32(8)52(54(70)98)84-61(105)39(22-29(2)3)77-46(92)26-73-63(107)53(34(10)87)85-62(106)41(28-86)81-64(108)51(31(6)7)83-65(109)50(30(4)5)82-47(93)27-71-55(99)33(9)74-57(101)35(14-12-13-21-67)78-59(103)37(16-19-48(94)95)80-60(104)38(17-20-49(96)97)79-58(102)36(15-18-42(68)88)75-45(91)25-72-56(100)40(23-43(69)89)76-44(90)24-66/h29-41,50-53,86-87H,11-28,67H2,1-10H3,(H2,68,88)(H2,69,89)(H2,70,98)(H,71,99)(H,72,100)(H,73,107)(H,74,101)(H,75,91)(H,76,90)(H,77,92)(H,78,103)(H,79,102)(H,80,104)(H,81,108)(H,82,93)(H,83,109)(H,84,105)(H,85,106)(H,94,95)(H,96,97)/t32-,33-,34+,35-,36-,37-,38-,39-,40-,41-,50-,51-,52-,53-/m0/s1. The summed E-state index contributed by atoms with van der Waals surface area (Å²) in [5.41, 5.74) is 21.6. The fourth-order valence-corrected chi connectivity index (χ4v) is 10.1. The number of hydrogen-bond acceptors (Lipinski definition) is 23. The van der Waals surface area contributed by atoms with E-state index in [4.69, 9.17) is 22.9 Å². The number of alkyl halides is 1. The molecule has 0 radical (unpaired) electrons. The van der Waals surface area contributed by atoms with Crippen molar-refractivity contribution < 1.29 is 116 Å². The van der Waals surface area contributed by atoms with E-state index >= 15 is 0 Å². The minimum atomic E-state index is -1.89. The minimum absolute atomic E-state index is 0.100. The van der Waals surface area contributed by atoms with Crippen LogP contribution < -0.4 is 103 Å². The summed E-state index contributed by atoms with van der Waals surface area (Å²) < 4.78 is 0. The molecule has 44 heteroatoms. The number of nitrogens with two attached hydrogens (primary N) is 4. The summed E-state index contributed by atoms with van der Waals surface area (Å²) in [4.78, 5) is 260. The number of carboxylic acids is 2. The Morgan fingerprint density at radius 3 is 1.20 bits per heavy atom. The number of rotatable bonds is 54. The van der Waals surface area contributed by atoms with Crippen molar-refractivity contribution in [2.45, 2.75) is 225 Å². The second-order valence-electron chi connectivity index (χ2n) is 26.8. The molecular weight excluding hydrogens is 1510 g/mol. The van der Waals surface area contributed by atoms with Crippen LogP contribution in [-0.4, -0.2) is 255 Å². The number of hydrogen-bond donors (Lipinski definition) is 23. The molecule has 0 aromatic heterocycles. The predicted molar refractivity (Wildman–Crippen MR) is 387 cm³/mol. The van der Waals surface area contributed by atoms with E-state index in [0.29, 0.717) is 6.42 Å². The molecule has 616 valence electrons. The average Bonchev–Trinajstić information content (AvgIpc) is 0.858. The van der Waals surface area contributed by atoms with Gasteiger partial charge in [-0.3, -0.25) is 95.9 Å². The number of nitrogens with one attached hydrogen (secondary N) is 15. The maximum atomic E-state index is 14.1. The lowest BCUT2D eigenvalue weighted by Gasteiger charge is -2.29. The van der Waals surface area contributed by atoms with Crippen LogP contribution in [0.5, 0.6) is 0 Å². The number of carbonyl (C=O) groups is 20. The molecule has 0 unspecified atom stereocenters. The van der Waals surface area contributed by atoms with Crippen molar-refractivity contribution in [2.75, 3.05) is 38.1 Å². The van der Waals surface area contributed by atoms with Crippen LogP contribution in [0.1, 0.15) is 146 Å². The Morgan fingerprint density at radius 2 is 0.771 bits per heavy atom. The van der Waals surface area contributed by atoms with E-state index in [0.717, 1.165) is 6.92 Å². The molecule has 14 atom stereocenters. The lowest BCUT2D eigenvalue weighted by Crippen LogP contribution is -2.62. The van der Waals surface area contributed by atoms with Gasteiger partial charge in [0.25, 0.3) is 0 Å². The van der Waals surface area contributed by atoms with Crippen molar-refractivity contribution in [3.63, 3.8) is 0 Å². The zero-order chi connectivity index (χ0) is 83.7. The first-order valence-electron chi connectivity index (χ1n) is 35.1. The van der Waals surface area contributed by atoms with E-state index in [1.807, 2.05) is 0 Å². The van der Waals surface area contributed by atoms with Crippen molar-refractivity contribution in [1.29, 1.82) is 0 Å². The molecule has 0 saturated carbocycles. The van der Waals surface area contributed by atoms with Crippen LogP contribution in [0.25, 0.3) is 0 Å². The molecule has 0 aliphatic rings. The molecule has 43 nitrogen and oxygen atoms in total. The summed E-state index contributed by atoms with van der Waals surface area (Å²) >= 11 is 2.88. The number of carbonyl (C=O) groups excluding carboxylic acids is 18. The number of halogens is 1. The summed E-state index contributed by atoms with van der Waals surface area (Å²) in [6.45, 7) is 11.9. The highest BCUT2D eigenvalue weighted by atomic mass is 79.9. The van der Waals surface area contributed by atoms with Gasteiger partial charge in [0.2, 0.25) is 106 Å². The third-order valence-corrected chi connectivity index (χ3v) is 16.7. The fraction of sp³-hybridized carbons (Fsp3) is 0.692. The molecule has 0 fully saturated rings. The van der Waals surface area contributed by atoms with E-state index in [-0.39, 0.29) is 49.4 Å². The lowest BCUT2D eigenvalue weighted by atomic mass is 9.97. The summed E-state index contributed by atoms with van der Waals surface area (Å²) in [6, 6.07) is -18.8. The molecule has 0 aromatic carbocycles. The molecule has 0 aromatic rings. The third-order valence-electron chi connectivity index (χ3n) is 16.2. The van der Waals surface area contributed by atoms with Crippen molar-refractivity contribution in [1.82, 2.24) is 79.8 Å². The molecule has 109 heavy (non-hydrogen) atoms. The fourth-order valence-electron chi connectivity index (χ4n) is 9.95. The maximum absolute atomic E-state index is 14.1. The zero-order valence-electron chi connectivity index (χ0n) is 62.7. The Hall–Kier alpha value is -10.2. The van der Waals surface area contributed by atoms with Crippen LogP contribution in [0, 0.1) is 23.7 Å². The summed E-state index contributed by atoms with van der Waals surface area (Å²) in [5.74, 6) is -23.2. The lowest BCUT2D eigenvalue weighted by molar-refractivity contribution is -0.140. The first kappa shape index (κ1) is 98.8. The van der Waals surface area contributed by atoms with Gasteiger partial charge in [-0.15, -0.1) is 0 Å². The van der Waals surface area contributed by atoms with Crippen LogP contribution in [0.4, 0.5) is 0 Å². The molecule has 0 spiro atoms. The van der Waals surface area contributed by atoms with Gasteiger partial charge in [0, 0.05) is 19.3 Å². The van der Waals surface area contributed by atoms with E-state index in [2.05, 4.69) is 95.7 Å². The van der Waals surface area contributed by atoms with Gasteiger partial charge in [-0.05, 0) is 89.0 Å². The van der Waals surface area contributed by atoms with Gasteiger partial charge in [-0.2, -0.15) is 0 Å². The van der Waals surface area contributed by atoms with Gasteiger partial charge in [-0.25, -0.2) is 0 Å². The molecule has 27 N–H and O–H groups in total. The van der Waals surface area contributed by atoms with Crippen LogP contribution in [0.3, 0.4) is 0 Å². The Balaban J connectivity index is 6.35. The number of amides is 18. The highest BCUT2D eigenvalue weighted by Crippen LogP contribution is 2.13. The van der Waals surface area contributed by atoms with E-state index < -0.39 is 280 Å². The van der Waals surface area contributed by atoms with Gasteiger partial charge < -0.3 is 123 Å². The molecule has 0 bridgehead atoms. The Kier molecular flexibility index (Phi) is 46.4. The predicted octanol–water partition coefficient (Wildman–Crippen LogP) is -9.17. The molecule has 0 aliphatic carbocycles. The highest BCUT2D eigenvalue weighted by molar-refractivity contribution is 9.09. The van der Waals surface area contributed by atoms with Crippen LogP contribution in [0.15, 0.2) is 0 Å². The van der Waals surface area contributed by atoms with Gasteiger partial charge in [0.15, 0.2) is 0 Å². The van der Waals surface area contributed by atoms with Gasteiger partial charge in [-0.1, -0.05) is 77.7 Å². The van der Waals surface area contributed by atoms with Gasteiger partial charge in [0.1, 0.15) is 72.5 Å². The molecule has 0 rings (SSSR count). The first-order valence-corrected chi connectivity index (χ1v) is 36.2. The number of carboxylic acid groups (broad SMARTS) is 2. The van der Waals surface area contributed by atoms with Crippen LogP contribution in [-0.2, 0) is 95.9 Å². The monoisotopic (exact) mass is 1620 g/mol. The maximum Gasteiger partial charge on any atom is 0.303 e. The molecule has 18 amide bonds. The Morgan fingerprint density at radius 1 is 0.385 bits per heavy atom. The van der Waals surface area contributed by atoms with E-state index in [1.165, 1.54) is 34.6 Å². The second kappa shape index (κ2) is 51.2. The van der Waals surface area contributed by atoms with Crippen LogP contribution >= 0.6 is 15.9 Å². The quantitative estimate of drug-likeness (QED) is 0.0199. The van der Waals surface area contributed by atoms with Crippen LogP contribution in [0.2, 0.25) is 0 Å². The summed E-state index contributed by atoms with van der Waals surface area (Å²) in [5, 5.41) is 74.4. The van der Waals surface area contributed by atoms with Crippen molar-refractivity contribution in [3.05, 3.63) is 0 Å². The number of primary amides is 3. The van der Waals surface area contributed by atoms with E-state index in [9.17, 15) is 116 Å². The molecular formula is C65H110BrN19O24. The molecule has 0 aliphatic heterocycles. The third kappa shape index (κ3) is 39.4. The Bertz CT molecular complexity index is 3200. The summed E-state index contributed by atoms with van der Waals surface area (Å²) in [6.07, 6.45) is -5.63. The minimum Gasteiger partial charge on any atom is -0.481 e. The largest absolute Gasteiger partial charge is 0.481 e. The number of aliphatic carboxylic acids is 2. The van der Waals surface area contributed by atoms with Crippen molar-refractivity contribution in [3.8, 4) is 0 Å². The Labute approximate surface area is 637 Å². The molecule has 0 heterocycles. The van der Waals surface area contributed by atoms with Gasteiger partial charge >= 0.3 is 11.9 Å². The number of aliphatic hydroxyl groups excluding tert-OH is 2. The second-order valence-corrected chi connectivity index (χ2v) is 27.3. The highest BCUT2D eigenvalue weighted by Gasteiger charge is 2.38. The number of aliphatic hydroxyl groups is 2. The summed E-state index contributed by atoms with van der Waals surface area (Å²) in [7, 11) is 0. The first-order chi connectivity index (χ1) is 50.8. The average molecular weight is 1620 g/mol. The SMILES string of the molecule is CC[C@H](C)[C@H](NC(=O)[C@H](CC(C)C)NC(=O)CNC(=O)[C@@H](NC(=O)[C@H](CO)NC(=O)[C@@H](NC(=O)[C@@H](NC(=O)CNC(=O)[C@H](C)NC(=O)[C@H](CCCCN)NC(=O)[C@H](CCC(=O)O)NC(=O)[C@H](CCC(=O)O)NC(=O)[C@H](CCC(N)=O)NC(=O)CNC(=O)[C@H](CC(N)=O)NC(=O)CBr)C(C)C)C(C)C)[C@@H](C)O)C(N)=O. The molecule has 0 saturated heterocycles. The smallest absolute Gasteiger partial charge is 0.303 e.